The summed E-state index contributed by atoms with van der Waals surface area (Å²) in [7, 11) is 1.69. The standard InChI is InChI=1S/C14H18BrNO2/c1-17-9-10-18-8-2-6-16-7-5-12-3-4-13(15)11-14(12)16/h3-5,7,11H,2,6,8-10H2,1H3. The molecule has 0 spiro atoms. The van der Waals surface area contributed by atoms with Gasteiger partial charge in [-0.25, -0.2) is 0 Å². The summed E-state index contributed by atoms with van der Waals surface area (Å²) in [4.78, 5) is 0. The molecule has 1 aromatic carbocycles. The lowest BCUT2D eigenvalue weighted by Crippen LogP contribution is -2.05. The number of nitrogens with zero attached hydrogens (tertiary/aromatic N) is 1. The van der Waals surface area contributed by atoms with E-state index >= 15 is 0 Å². The molecule has 18 heavy (non-hydrogen) atoms. The molecule has 1 aromatic heterocycles. The predicted molar refractivity (Wildman–Crippen MR) is 77.0 cm³/mol. The summed E-state index contributed by atoms with van der Waals surface area (Å²) in [5.41, 5.74) is 1.27. The van der Waals surface area contributed by atoms with Crippen LogP contribution in [0.25, 0.3) is 10.9 Å². The second-order valence-electron chi connectivity index (χ2n) is 4.17. The van der Waals surface area contributed by atoms with Crippen molar-refractivity contribution in [1.82, 2.24) is 4.57 Å². The fourth-order valence-electron chi connectivity index (χ4n) is 1.93. The summed E-state index contributed by atoms with van der Waals surface area (Å²) < 4.78 is 13.8. The summed E-state index contributed by atoms with van der Waals surface area (Å²) >= 11 is 3.51. The lowest BCUT2D eigenvalue weighted by molar-refractivity contribution is 0.0681. The van der Waals surface area contributed by atoms with E-state index in [1.165, 1.54) is 10.9 Å². The van der Waals surface area contributed by atoms with E-state index in [1.807, 2.05) is 0 Å². The van der Waals surface area contributed by atoms with Crippen molar-refractivity contribution in [1.29, 1.82) is 0 Å². The predicted octanol–water partition coefficient (Wildman–Crippen LogP) is 3.46. The molecule has 0 amide bonds. The number of benzene rings is 1. The van der Waals surface area contributed by atoms with Crippen molar-refractivity contribution in [3.05, 3.63) is 34.9 Å². The van der Waals surface area contributed by atoms with Gasteiger partial charge < -0.3 is 14.0 Å². The van der Waals surface area contributed by atoms with Gasteiger partial charge in [-0.05, 0) is 30.0 Å². The highest BCUT2D eigenvalue weighted by atomic mass is 79.9. The molecule has 4 heteroatoms. The van der Waals surface area contributed by atoms with E-state index < -0.39 is 0 Å². The van der Waals surface area contributed by atoms with E-state index in [0.29, 0.717) is 13.2 Å². The normalized spacial score (nSPS) is 11.2. The average Bonchev–Trinajstić information content (AvgIpc) is 2.76. The van der Waals surface area contributed by atoms with E-state index in [0.717, 1.165) is 24.0 Å². The Morgan fingerprint density at radius 1 is 1.17 bits per heavy atom. The third-order valence-electron chi connectivity index (χ3n) is 2.86. The SMILES string of the molecule is COCCOCCCn1ccc2ccc(Br)cc21. The largest absolute Gasteiger partial charge is 0.382 e. The van der Waals surface area contributed by atoms with Gasteiger partial charge in [0, 0.05) is 36.4 Å². The number of aryl methyl sites for hydroxylation is 1. The van der Waals surface area contributed by atoms with Crippen LogP contribution < -0.4 is 0 Å². The molecule has 0 aliphatic heterocycles. The fourth-order valence-corrected chi connectivity index (χ4v) is 2.28. The number of rotatable bonds is 7. The van der Waals surface area contributed by atoms with Crippen LogP contribution >= 0.6 is 15.9 Å². The quantitative estimate of drug-likeness (QED) is 0.731. The van der Waals surface area contributed by atoms with Gasteiger partial charge in [0.2, 0.25) is 0 Å². The highest BCUT2D eigenvalue weighted by molar-refractivity contribution is 9.10. The van der Waals surface area contributed by atoms with Gasteiger partial charge in [0.1, 0.15) is 0 Å². The molecule has 0 fully saturated rings. The lowest BCUT2D eigenvalue weighted by Gasteiger charge is -2.06. The zero-order valence-electron chi connectivity index (χ0n) is 10.6. The van der Waals surface area contributed by atoms with Crippen molar-refractivity contribution >= 4 is 26.8 Å². The van der Waals surface area contributed by atoms with Gasteiger partial charge >= 0.3 is 0 Å². The molecule has 0 unspecified atom stereocenters. The van der Waals surface area contributed by atoms with Crippen LogP contribution in [0.15, 0.2) is 34.9 Å². The Bertz CT molecular complexity index is 495. The molecular weight excluding hydrogens is 294 g/mol. The van der Waals surface area contributed by atoms with Crippen molar-refractivity contribution in [3.63, 3.8) is 0 Å². The maximum absolute atomic E-state index is 5.46. The smallest absolute Gasteiger partial charge is 0.0700 e. The van der Waals surface area contributed by atoms with Crippen LogP contribution in [-0.2, 0) is 16.0 Å². The van der Waals surface area contributed by atoms with Crippen LogP contribution in [0.4, 0.5) is 0 Å². The number of hydrogen-bond acceptors (Lipinski definition) is 2. The number of hydrogen-bond donors (Lipinski definition) is 0. The number of ether oxygens (including phenoxy) is 2. The number of aromatic nitrogens is 1. The first-order valence-electron chi connectivity index (χ1n) is 6.12. The van der Waals surface area contributed by atoms with E-state index in [2.05, 4.69) is 51.0 Å². The molecule has 0 bridgehead atoms. The van der Waals surface area contributed by atoms with Gasteiger partial charge in [0.05, 0.1) is 13.2 Å². The number of methoxy groups -OCH3 is 1. The fraction of sp³-hybridized carbons (Fsp3) is 0.429. The van der Waals surface area contributed by atoms with Gasteiger partial charge in [-0.2, -0.15) is 0 Å². The lowest BCUT2D eigenvalue weighted by atomic mass is 10.2. The number of fused-ring (bicyclic) bond motifs is 1. The molecule has 1 heterocycles. The van der Waals surface area contributed by atoms with Gasteiger partial charge in [-0.3, -0.25) is 0 Å². The molecule has 0 radical (unpaired) electrons. The van der Waals surface area contributed by atoms with Crippen LogP contribution in [0.2, 0.25) is 0 Å². The second-order valence-corrected chi connectivity index (χ2v) is 5.09. The Morgan fingerprint density at radius 3 is 2.89 bits per heavy atom. The minimum absolute atomic E-state index is 0.666. The zero-order valence-corrected chi connectivity index (χ0v) is 12.1. The molecule has 0 aliphatic carbocycles. The molecule has 0 saturated carbocycles. The maximum Gasteiger partial charge on any atom is 0.0700 e. The second kappa shape index (κ2) is 6.92. The van der Waals surface area contributed by atoms with Crippen molar-refractivity contribution < 1.29 is 9.47 Å². The minimum atomic E-state index is 0.666. The highest BCUT2D eigenvalue weighted by Gasteiger charge is 2.01. The van der Waals surface area contributed by atoms with E-state index in [4.69, 9.17) is 9.47 Å². The van der Waals surface area contributed by atoms with Crippen LogP contribution in [-0.4, -0.2) is 31.5 Å². The molecule has 0 N–H and O–H groups in total. The van der Waals surface area contributed by atoms with Crippen LogP contribution in [0.3, 0.4) is 0 Å². The first-order chi connectivity index (χ1) is 8.81. The van der Waals surface area contributed by atoms with E-state index in [9.17, 15) is 0 Å². The summed E-state index contributed by atoms with van der Waals surface area (Å²) in [6.07, 6.45) is 3.15. The average molecular weight is 312 g/mol. The van der Waals surface area contributed by atoms with Crippen LogP contribution in [0.5, 0.6) is 0 Å². The molecule has 2 aromatic rings. The third-order valence-corrected chi connectivity index (χ3v) is 3.35. The Kier molecular flexibility index (Phi) is 5.23. The third kappa shape index (κ3) is 3.57. The van der Waals surface area contributed by atoms with Crippen molar-refractivity contribution in [2.24, 2.45) is 0 Å². The van der Waals surface area contributed by atoms with Gasteiger partial charge in [-0.1, -0.05) is 22.0 Å². The van der Waals surface area contributed by atoms with Crippen LogP contribution in [0, 0.1) is 0 Å². The van der Waals surface area contributed by atoms with Gasteiger partial charge in [0.15, 0.2) is 0 Å². The van der Waals surface area contributed by atoms with E-state index in [1.54, 1.807) is 7.11 Å². The molecule has 3 nitrogen and oxygen atoms in total. The van der Waals surface area contributed by atoms with Gasteiger partial charge in [0.25, 0.3) is 0 Å². The first-order valence-corrected chi connectivity index (χ1v) is 6.91. The molecular formula is C14H18BrNO2. The zero-order chi connectivity index (χ0) is 12.8. The summed E-state index contributed by atoms with van der Waals surface area (Å²) in [5.74, 6) is 0. The molecule has 2 rings (SSSR count). The molecule has 0 atom stereocenters. The molecule has 0 aliphatic rings. The maximum atomic E-state index is 5.46. The Balaban J connectivity index is 1.86. The summed E-state index contributed by atoms with van der Waals surface area (Å²) in [6.45, 7) is 3.10. The Hall–Kier alpha value is -0.840. The topological polar surface area (TPSA) is 23.4 Å². The first kappa shape index (κ1) is 13.6. The Morgan fingerprint density at radius 2 is 2.06 bits per heavy atom. The van der Waals surface area contributed by atoms with Crippen molar-refractivity contribution in [3.8, 4) is 0 Å². The monoisotopic (exact) mass is 311 g/mol. The van der Waals surface area contributed by atoms with Crippen molar-refractivity contribution in [2.45, 2.75) is 13.0 Å². The van der Waals surface area contributed by atoms with Gasteiger partial charge in [-0.15, -0.1) is 0 Å². The Labute approximate surface area is 116 Å². The molecule has 98 valence electrons. The summed E-state index contributed by atoms with van der Waals surface area (Å²) in [5, 5.41) is 1.28. The highest BCUT2D eigenvalue weighted by Crippen LogP contribution is 2.21. The van der Waals surface area contributed by atoms with Crippen LogP contribution in [0.1, 0.15) is 6.42 Å². The summed E-state index contributed by atoms with van der Waals surface area (Å²) in [6, 6.07) is 8.50. The minimum Gasteiger partial charge on any atom is -0.382 e. The number of halogens is 1. The van der Waals surface area contributed by atoms with Crippen molar-refractivity contribution in [2.75, 3.05) is 26.9 Å². The van der Waals surface area contributed by atoms with E-state index in [-0.39, 0.29) is 0 Å². The molecule has 0 saturated heterocycles.